The number of rotatable bonds is 3. The Kier molecular flexibility index (Phi) is 4.12. The minimum absolute atomic E-state index is 0.303. The van der Waals surface area contributed by atoms with Crippen LogP contribution in [0.1, 0.15) is 21.6 Å². The molecule has 1 amide bonds. The number of para-hydroxylation sites is 1. The zero-order valence-corrected chi connectivity index (χ0v) is 15.6. The van der Waals surface area contributed by atoms with Gasteiger partial charge in [0, 0.05) is 31.2 Å². The fourth-order valence-corrected chi connectivity index (χ4v) is 3.19. The van der Waals surface area contributed by atoms with Crippen molar-refractivity contribution in [2.75, 3.05) is 5.32 Å². The van der Waals surface area contributed by atoms with Crippen LogP contribution in [-0.2, 0) is 14.1 Å². The Hall–Kier alpha value is -3.99. The first kappa shape index (κ1) is 17.4. The molecule has 0 atom stereocenters. The first-order valence-electron chi connectivity index (χ1n) is 8.62. The van der Waals surface area contributed by atoms with Crippen LogP contribution in [0.15, 0.2) is 42.7 Å². The van der Waals surface area contributed by atoms with Crippen molar-refractivity contribution in [3.63, 3.8) is 0 Å². The molecule has 1 aromatic carbocycles. The third-order valence-corrected chi connectivity index (χ3v) is 4.54. The van der Waals surface area contributed by atoms with Gasteiger partial charge in [-0.3, -0.25) is 14.2 Å². The summed E-state index contributed by atoms with van der Waals surface area (Å²) in [4.78, 5) is 17.8. The molecule has 0 radical (unpaired) electrons. The Bertz CT molecular complexity index is 1260. The number of pyridine rings is 1. The minimum atomic E-state index is -0.332. The second-order valence-corrected chi connectivity index (χ2v) is 6.47. The first-order chi connectivity index (χ1) is 13.5. The maximum Gasteiger partial charge on any atom is 0.257 e. The number of nitrogens with zero attached hydrogens (tertiary/aromatic N) is 6. The third kappa shape index (κ3) is 2.89. The number of nitrogens with one attached hydrogen (secondary N) is 1. The second kappa shape index (κ2) is 6.63. The third-order valence-electron chi connectivity index (χ3n) is 4.54. The maximum atomic E-state index is 13.1. The quantitative estimate of drug-likeness (QED) is 0.597. The summed E-state index contributed by atoms with van der Waals surface area (Å²) >= 11 is 0. The van der Waals surface area contributed by atoms with Gasteiger partial charge in [0.05, 0.1) is 28.7 Å². The predicted molar refractivity (Wildman–Crippen MR) is 105 cm³/mol. The zero-order valence-electron chi connectivity index (χ0n) is 15.6. The van der Waals surface area contributed by atoms with E-state index in [1.54, 1.807) is 17.8 Å². The van der Waals surface area contributed by atoms with E-state index in [1.165, 1.54) is 10.9 Å². The van der Waals surface area contributed by atoms with Gasteiger partial charge in [-0.2, -0.15) is 15.5 Å². The average Bonchev–Trinajstić information content (AvgIpc) is 3.22. The van der Waals surface area contributed by atoms with Crippen LogP contribution < -0.4 is 5.32 Å². The van der Waals surface area contributed by atoms with Gasteiger partial charge >= 0.3 is 0 Å². The topological polar surface area (TPSA) is 101 Å². The molecule has 0 saturated heterocycles. The van der Waals surface area contributed by atoms with E-state index < -0.39 is 0 Å². The predicted octanol–water partition coefficient (Wildman–Crippen LogP) is 2.80. The van der Waals surface area contributed by atoms with Gasteiger partial charge in [0.2, 0.25) is 0 Å². The number of aryl methyl sites for hydroxylation is 3. The highest BCUT2D eigenvalue weighted by atomic mass is 16.1. The molecule has 0 aliphatic rings. The lowest BCUT2D eigenvalue weighted by atomic mass is 10.0. The van der Waals surface area contributed by atoms with Gasteiger partial charge in [-0.05, 0) is 19.1 Å². The molecule has 0 bridgehead atoms. The van der Waals surface area contributed by atoms with Crippen molar-refractivity contribution in [2.24, 2.45) is 14.1 Å². The Morgan fingerprint density at radius 3 is 2.75 bits per heavy atom. The van der Waals surface area contributed by atoms with Crippen molar-refractivity contribution in [1.82, 2.24) is 24.5 Å². The molecule has 0 aliphatic heterocycles. The van der Waals surface area contributed by atoms with E-state index in [4.69, 9.17) is 4.98 Å². The molecule has 1 N–H and O–H groups in total. The number of anilines is 1. The van der Waals surface area contributed by atoms with Crippen molar-refractivity contribution >= 4 is 22.6 Å². The van der Waals surface area contributed by atoms with Crippen molar-refractivity contribution < 1.29 is 4.79 Å². The molecule has 4 rings (SSSR count). The number of hydrogen-bond acceptors (Lipinski definition) is 5. The summed E-state index contributed by atoms with van der Waals surface area (Å²) in [5, 5.41) is 21.2. The lowest BCUT2D eigenvalue weighted by Gasteiger charge is -2.11. The molecule has 0 fully saturated rings. The molecule has 0 saturated carbocycles. The van der Waals surface area contributed by atoms with Crippen LogP contribution in [0.25, 0.3) is 22.2 Å². The molecule has 0 unspecified atom stereocenters. The molecule has 3 heterocycles. The maximum absolute atomic E-state index is 13.1. The highest BCUT2D eigenvalue weighted by Crippen LogP contribution is 2.27. The highest BCUT2D eigenvalue weighted by molar-refractivity contribution is 6.13. The Labute approximate surface area is 161 Å². The van der Waals surface area contributed by atoms with E-state index in [-0.39, 0.29) is 5.91 Å². The van der Waals surface area contributed by atoms with Crippen LogP contribution in [-0.4, -0.2) is 30.5 Å². The fourth-order valence-electron chi connectivity index (χ4n) is 3.19. The normalized spacial score (nSPS) is 10.8. The van der Waals surface area contributed by atoms with Crippen molar-refractivity contribution in [1.29, 1.82) is 5.26 Å². The lowest BCUT2D eigenvalue weighted by Crippen LogP contribution is -2.16. The smallest absolute Gasteiger partial charge is 0.257 e. The molecule has 138 valence electrons. The molecule has 0 spiro atoms. The molecule has 8 heteroatoms. The van der Waals surface area contributed by atoms with E-state index in [9.17, 15) is 10.1 Å². The Morgan fingerprint density at radius 2 is 2.04 bits per heavy atom. The first-order valence-corrected chi connectivity index (χ1v) is 8.62. The van der Waals surface area contributed by atoms with Gasteiger partial charge in [-0.1, -0.05) is 18.2 Å². The van der Waals surface area contributed by atoms with Crippen molar-refractivity contribution in [3.05, 3.63) is 59.5 Å². The van der Waals surface area contributed by atoms with Gasteiger partial charge in [-0.25, -0.2) is 4.98 Å². The summed E-state index contributed by atoms with van der Waals surface area (Å²) in [7, 11) is 3.52. The molecule has 28 heavy (non-hydrogen) atoms. The number of fused-ring (bicyclic) bond motifs is 1. The van der Waals surface area contributed by atoms with Crippen molar-refractivity contribution in [3.8, 4) is 17.3 Å². The summed E-state index contributed by atoms with van der Waals surface area (Å²) in [6.45, 7) is 1.90. The Morgan fingerprint density at radius 1 is 1.25 bits per heavy atom. The summed E-state index contributed by atoms with van der Waals surface area (Å²) < 4.78 is 3.18. The van der Waals surface area contributed by atoms with Crippen LogP contribution in [0, 0.1) is 18.3 Å². The van der Waals surface area contributed by atoms with Gasteiger partial charge in [0.25, 0.3) is 5.91 Å². The van der Waals surface area contributed by atoms with E-state index in [0.717, 1.165) is 16.6 Å². The van der Waals surface area contributed by atoms with Crippen LogP contribution in [0.4, 0.5) is 5.82 Å². The molecule has 8 nitrogen and oxygen atoms in total. The van der Waals surface area contributed by atoms with Crippen LogP contribution >= 0.6 is 0 Å². The molecule has 3 aromatic heterocycles. The van der Waals surface area contributed by atoms with E-state index in [2.05, 4.69) is 15.5 Å². The average molecular weight is 371 g/mol. The lowest BCUT2D eigenvalue weighted by molar-refractivity contribution is 0.102. The number of carbonyl (C=O) groups is 1. The number of amides is 1. The van der Waals surface area contributed by atoms with Crippen LogP contribution in [0.5, 0.6) is 0 Å². The molecular weight excluding hydrogens is 354 g/mol. The summed E-state index contributed by atoms with van der Waals surface area (Å²) in [6, 6.07) is 11.3. The number of benzene rings is 1. The van der Waals surface area contributed by atoms with E-state index >= 15 is 0 Å². The Balaban J connectivity index is 1.86. The minimum Gasteiger partial charge on any atom is -0.306 e. The summed E-state index contributed by atoms with van der Waals surface area (Å²) in [5.41, 5.74) is 3.83. The summed E-state index contributed by atoms with van der Waals surface area (Å²) in [6.07, 6.45) is 3.30. The monoisotopic (exact) mass is 371 g/mol. The molecule has 4 aromatic rings. The number of hydrogen-bond donors (Lipinski definition) is 1. The molecule has 0 aliphatic carbocycles. The number of carbonyl (C=O) groups excluding carboxylic acids is 1. The molecular formula is C20H17N7O. The van der Waals surface area contributed by atoms with E-state index in [1.807, 2.05) is 50.5 Å². The van der Waals surface area contributed by atoms with Gasteiger partial charge in [0.1, 0.15) is 17.5 Å². The summed E-state index contributed by atoms with van der Waals surface area (Å²) in [5.74, 6) is 0.0222. The fraction of sp³-hybridized carbons (Fsp3) is 0.150. The second-order valence-electron chi connectivity index (χ2n) is 6.47. The number of nitriles is 1. The van der Waals surface area contributed by atoms with Gasteiger partial charge in [0.15, 0.2) is 0 Å². The SMILES string of the molecule is Cc1nn(C)cc1-c1cc(C(=O)Nc2c(C#N)cnn2C)c2ccccc2n1. The zero-order chi connectivity index (χ0) is 19.8. The highest BCUT2D eigenvalue weighted by Gasteiger charge is 2.18. The number of aromatic nitrogens is 5. The van der Waals surface area contributed by atoms with Gasteiger partial charge in [-0.15, -0.1) is 0 Å². The van der Waals surface area contributed by atoms with E-state index in [0.29, 0.717) is 28.2 Å². The largest absolute Gasteiger partial charge is 0.306 e. The standard InChI is InChI=1S/C20H17N7O/c1-12-16(11-26(2)25-12)18-8-15(14-6-4-5-7-17(14)23-18)20(28)24-19-13(9-21)10-22-27(19)3/h4-8,10-11H,1-3H3,(H,24,28). The van der Waals surface area contributed by atoms with Crippen LogP contribution in [0.3, 0.4) is 0 Å². The van der Waals surface area contributed by atoms with Crippen molar-refractivity contribution in [2.45, 2.75) is 6.92 Å². The van der Waals surface area contributed by atoms with Crippen LogP contribution in [0.2, 0.25) is 0 Å². The van der Waals surface area contributed by atoms with Gasteiger partial charge < -0.3 is 5.32 Å².